The van der Waals surface area contributed by atoms with E-state index in [2.05, 4.69) is 0 Å². The summed E-state index contributed by atoms with van der Waals surface area (Å²) >= 11 is 0. The molecule has 0 spiro atoms. The Morgan fingerprint density at radius 3 is 2.65 bits per heavy atom. The van der Waals surface area contributed by atoms with Gasteiger partial charge in [-0.1, -0.05) is 12.1 Å². The number of aliphatic carboxylic acids is 1. The second kappa shape index (κ2) is 7.47. The summed E-state index contributed by atoms with van der Waals surface area (Å²) in [7, 11) is 1.75. The average Bonchev–Trinajstić information content (AvgIpc) is 2.99. The number of rotatable bonds is 6. The first-order chi connectivity index (χ1) is 12.4. The van der Waals surface area contributed by atoms with Gasteiger partial charge in [0.1, 0.15) is 17.6 Å². The van der Waals surface area contributed by atoms with E-state index in [9.17, 15) is 9.59 Å². The summed E-state index contributed by atoms with van der Waals surface area (Å²) in [5, 5.41) is 8.61. The molecule has 136 valence electrons. The Morgan fingerprint density at radius 2 is 1.96 bits per heavy atom. The molecule has 2 aromatic carbocycles. The van der Waals surface area contributed by atoms with Crippen LogP contribution in [0.4, 0.5) is 0 Å². The number of hydrogen-bond acceptors (Lipinski definition) is 4. The summed E-state index contributed by atoms with van der Waals surface area (Å²) < 4.78 is 10.8. The van der Waals surface area contributed by atoms with Crippen LogP contribution in [0.25, 0.3) is 0 Å². The molecule has 1 aliphatic rings. The first-order valence-electron chi connectivity index (χ1n) is 8.41. The van der Waals surface area contributed by atoms with Crippen molar-refractivity contribution in [1.29, 1.82) is 0 Å². The van der Waals surface area contributed by atoms with Gasteiger partial charge in [-0.3, -0.25) is 4.79 Å². The van der Waals surface area contributed by atoms with Gasteiger partial charge in [0.25, 0.3) is 5.91 Å². The van der Waals surface area contributed by atoms with Crippen molar-refractivity contribution in [3.05, 3.63) is 59.2 Å². The minimum Gasteiger partial charge on any atom is -0.490 e. The number of fused-ring (bicyclic) bond motifs is 1. The normalized spacial score (nSPS) is 15.1. The topological polar surface area (TPSA) is 76.1 Å². The minimum atomic E-state index is -1.02. The lowest BCUT2D eigenvalue weighted by Gasteiger charge is -2.18. The molecule has 2 aromatic rings. The third-order valence-electron chi connectivity index (χ3n) is 4.20. The van der Waals surface area contributed by atoms with Gasteiger partial charge in [0.2, 0.25) is 0 Å². The van der Waals surface area contributed by atoms with Crippen LogP contribution in [-0.2, 0) is 17.8 Å². The fourth-order valence-corrected chi connectivity index (χ4v) is 2.96. The zero-order chi connectivity index (χ0) is 18.7. The molecule has 0 radical (unpaired) electrons. The van der Waals surface area contributed by atoms with E-state index < -0.39 is 5.97 Å². The molecule has 26 heavy (non-hydrogen) atoms. The summed E-state index contributed by atoms with van der Waals surface area (Å²) in [6, 6.07) is 12.6. The van der Waals surface area contributed by atoms with Gasteiger partial charge >= 0.3 is 5.97 Å². The molecule has 6 nitrogen and oxygen atoms in total. The smallest absolute Gasteiger partial charge is 0.341 e. The van der Waals surface area contributed by atoms with Gasteiger partial charge in [0.15, 0.2) is 6.61 Å². The number of carbonyl (C=O) groups excluding carboxylic acids is 1. The SMILES string of the molecule is CC1Cc2cc(C(=O)N(C)Cc3ccc(OCC(=O)O)cc3)ccc2O1. The molecule has 0 bridgehead atoms. The molecule has 3 rings (SSSR count). The molecular formula is C20H21NO5. The first kappa shape index (κ1) is 17.8. The second-order valence-corrected chi connectivity index (χ2v) is 6.44. The predicted octanol–water partition coefficient (Wildman–Crippen LogP) is 2.75. The van der Waals surface area contributed by atoms with Gasteiger partial charge in [-0.25, -0.2) is 4.79 Å². The molecule has 0 saturated heterocycles. The zero-order valence-corrected chi connectivity index (χ0v) is 14.8. The van der Waals surface area contributed by atoms with E-state index in [0.29, 0.717) is 17.9 Å². The van der Waals surface area contributed by atoms with Gasteiger partial charge in [0.05, 0.1) is 0 Å². The highest BCUT2D eigenvalue weighted by atomic mass is 16.5. The number of carboxylic acid groups (broad SMARTS) is 1. The van der Waals surface area contributed by atoms with Crippen molar-refractivity contribution < 1.29 is 24.2 Å². The Bertz CT molecular complexity index is 815. The second-order valence-electron chi connectivity index (χ2n) is 6.44. The summed E-state index contributed by atoms with van der Waals surface area (Å²) in [4.78, 5) is 24.8. The summed E-state index contributed by atoms with van der Waals surface area (Å²) in [5.41, 5.74) is 2.64. The van der Waals surface area contributed by atoms with Crippen molar-refractivity contribution in [1.82, 2.24) is 4.90 Å². The van der Waals surface area contributed by atoms with Gasteiger partial charge in [0, 0.05) is 25.6 Å². The van der Waals surface area contributed by atoms with Crippen LogP contribution in [0, 0.1) is 0 Å². The van der Waals surface area contributed by atoms with E-state index in [4.69, 9.17) is 14.6 Å². The van der Waals surface area contributed by atoms with E-state index in [1.165, 1.54) is 0 Å². The monoisotopic (exact) mass is 355 g/mol. The number of carboxylic acids is 1. The van der Waals surface area contributed by atoms with E-state index in [1.807, 2.05) is 31.2 Å². The molecule has 6 heteroatoms. The Morgan fingerprint density at radius 1 is 1.23 bits per heavy atom. The largest absolute Gasteiger partial charge is 0.490 e. The molecule has 1 N–H and O–H groups in total. The van der Waals surface area contributed by atoms with E-state index in [-0.39, 0.29) is 18.6 Å². The molecule has 0 saturated carbocycles. The highest BCUT2D eigenvalue weighted by Crippen LogP contribution is 2.29. The Labute approximate surface area is 152 Å². The number of ether oxygens (including phenoxy) is 2. The van der Waals surface area contributed by atoms with Gasteiger partial charge in [-0.15, -0.1) is 0 Å². The van der Waals surface area contributed by atoms with Crippen LogP contribution >= 0.6 is 0 Å². The van der Waals surface area contributed by atoms with Crippen molar-refractivity contribution >= 4 is 11.9 Å². The highest BCUT2D eigenvalue weighted by Gasteiger charge is 2.21. The lowest BCUT2D eigenvalue weighted by Crippen LogP contribution is -2.26. The van der Waals surface area contributed by atoms with Crippen LogP contribution in [-0.4, -0.2) is 41.6 Å². The van der Waals surface area contributed by atoms with E-state index in [0.717, 1.165) is 23.3 Å². The van der Waals surface area contributed by atoms with Crippen LogP contribution in [0.2, 0.25) is 0 Å². The van der Waals surface area contributed by atoms with Gasteiger partial charge < -0.3 is 19.5 Å². The number of benzene rings is 2. The average molecular weight is 355 g/mol. The lowest BCUT2D eigenvalue weighted by atomic mass is 10.1. The van der Waals surface area contributed by atoms with Crippen molar-refractivity contribution in [3.63, 3.8) is 0 Å². The molecule has 0 fully saturated rings. The van der Waals surface area contributed by atoms with Gasteiger partial charge in [-0.2, -0.15) is 0 Å². The van der Waals surface area contributed by atoms with Crippen LogP contribution in [0.15, 0.2) is 42.5 Å². The maximum absolute atomic E-state index is 12.7. The molecule has 1 heterocycles. The summed E-state index contributed by atoms with van der Waals surface area (Å²) in [6.45, 7) is 2.08. The molecule has 1 atom stereocenters. The van der Waals surface area contributed by atoms with Crippen molar-refractivity contribution in [3.8, 4) is 11.5 Å². The zero-order valence-electron chi connectivity index (χ0n) is 14.8. The minimum absolute atomic E-state index is 0.0569. The summed E-state index contributed by atoms with van der Waals surface area (Å²) in [5.74, 6) is 0.263. The van der Waals surface area contributed by atoms with E-state index >= 15 is 0 Å². The standard InChI is InChI=1S/C20H21NO5/c1-13-9-16-10-15(5-8-18(16)26-13)20(24)21(2)11-14-3-6-17(7-4-14)25-12-19(22)23/h3-8,10,13H,9,11-12H2,1-2H3,(H,22,23). The highest BCUT2D eigenvalue weighted by molar-refractivity contribution is 5.94. The van der Waals surface area contributed by atoms with Crippen molar-refractivity contribution in [2.75, 3.05) is 13.7 Å². The quantitative estimate of drug-likeness (QED) is 0.862. The molecule has 0 aromatic heterocycles. The third-order valence-corrected chi connectivity index (χ3v) is 4.20. The Balaban J connectivity index is 1.62. The fraction of sp³-hybridized carbons (Fsp3) is 0.300. The molecule has 1 amide bonds. The Hall–Kier alpha value is -3.02. The molecule has 0 aliphatic carbocycles. The summed E-state index contributed by atoms with van der Waals surface area (Å²) in [6.07, 6.45) is 0.966. The third kappa shape index (κ3) is 4.14. The van der Waals surface area contributed by atoms with Crippen molar-refractivity contribution in [2.45, 2.75) is 26.0 Å². The Kier molecular flexibility index (Phi) is 5.11. The van der Waals surface area contributed by atoms with Crippen molar-refractivity contribution in [2.24, 2.45) is 0 Å². The fourth-order valence-electron chi connectivity index (χ4n) is 2.96. The van der Waals surface area contributed by atoms with Crippen LogP contribution in [0.5, 0.6) is 11.5 Å². The lowest BCUT2D eigenvalue weighted by molar-refractivity contribution is -0.139. The van der Waals surface area contributed by atoms with Crippen LogP contribution < -0.4 is 9.47 Å². The predicted molar refractivity (Wildman–Crippen MR) is 95.6 cm³/mol. The van der Waals surface area contributed by atoms with Crippen LogP contribution in [0.3, 0.4) is 0 Å². The van der Waals surface area contributed by atoms with Gasteiger partial charge in [-0.05, 0) is 48.4 Å². The maximum Gasteiger partial charge on any atom is 0.341 e. The van der Waals surface area contributed by atoms with Crippen LogP contribution in [0.1, 0.15) is 28.4 Å². The number of amides is 1. The number of nitrogens with zero attached hydrogens (tertiary/aromatic N) is 1. The number of hydrogen-bond donors (Lipinski definition) is 1. The number of carbonyl (C=O) groups is 2. The molecule has 1 unspecified atom stereocenters. The van der Waals surface area contributed by atoms with E-state index in [1.54, 1.807) is 30.1 Å². The molecule has 1 aliphatic heterocycles. The molecular weight excluding hydrogens is 334 g/mol. The first-order valence-corrected chi connectivity index (χ1v) is 8.41. The maximum atomic E-state index is 12.7.